The number of nitriles is 1. The highest BCUT2D eigenvalue weighted by Gasteiger charge is 2.03. The molecule has 1 aromatic heterocycles. The fraction of sp³-hybridized carbons (Fsp3) is 0.143. The van der Waals surface area contributed by atoms with Crippen LogP contribution in [0, 0.1) is 11.3 Å². The molecule has 0 spiro atoms. The van der Waals surface area contributed by atoms with Crippen molar-refractivity contribution in [1.29, 1.82) is 5.26 Å². The predicted octanol–water partition coefficient (Wildman–Crippen LogP) is 2.17. The molecular formula is C14H14N4. The highest BCUT2D eigenvalue weighted by Crippen LogP contribution is 2.16. The van der Waals surface area contributed by atoms with Gasteiger partial charge in [-0.15, -0.1) is 0 Å². The first-order valence-corrected chi connectivity index (χ1v) is 5.61. The van der Waals surface area contributed by atoms with Crippen LogP contribution in [0.5, 0.6) is 0 Å². The Morgan fingerprint density at radius 2 is 2.00 bits per heavy atom. The third-order valence-electron chi connectivity index (χ3n) is 2.70. The quantitative estimate of drug-likeness (QED) is 0.890. The van der Waals surface area contributed by atoms with Crippen molar-refractivity contribution in [3.05, 3.63) is 53.7 Å². The minimum Gasteiger partial charge on any atom is -0.384 e. The molecule has 4 nitrogen and oxygen atoms in total. The zero-order valence-electron chi connectivity index (χ0n) is 10.2. The van der Waals surface area contributed by atoms with Gasteiger partial charge in [-0.1, -0.05) is 0 Å². The summed E-state index contributed by atoms with van der Waals surface area (Å²) >= 11 is 0. The van der Waals surface area contributed by atoms with Crippen LogP contribution in [0.4, 0.5) is 11.5 Å². The SMILES string of the molecule is CN(Cc1ccnc(N)c1)c1ccc(C#N)cc1. The lowest BCUT2D eigenvalue weighted by atomic mass is 10.2. The molecule has 18 heavy (non-hydrogen) atoms. The molecule has 0 aliphatic rings. The van der Waals surface area contributed by atoms with E-state index in [9.17, 15) is 0 Å². The molecule has 2 rings (SSSR count). The Morgan fingerprint density at radius 3 is 2.61 bits per heavy atom. The molecule has 0 radical (unpaired) electrons. The second kappa shape index (κ2) is 5.19. The molecule has 0 saturated carbocycles. The van der Waals surface area contributed by atoms with Crippen molar-refractivity contribution in [3.63, 3.8) is 0 Å². The Morgan fingerprint density at radius 1 is 1.28 bits per heavy atom. The van der Waals surface area contributed by atoms with Gasteiger partial charge in [-0.3, -0.25) is 0 Å². The van der Waals surface area contributed by atoms with E-state index < -0.39 is 0 Å². The van der Waals surface area contributed by atoms with Gasteiger partial charge >= 0.3 is 0 Å². The van der Waals surface area contributed by atoms with Gasteiger partial charge in [-0.25, -0.2) is 4.98 Å². The van der Waals surface area contributed by atoms with Crippen LogP contribution in [0.3, 0.4) is 0 Å². The molecule has 0 fully saturated rings. The standard InChI is InChI=1S/C14H14N4/c1-18(10-12-6-7-17-14(16)8-12)13-4-2-11(9-15)3-5-13/h2-8H,10H2,1H3,(H2,16,17). The monoisotopic (exact) mass is 238 g/mol. The summed E-state index contributed by atoms with van der Waals surface area (Å²) in [6.45, 7) is 0.749. The summed E-state index contributed by atoms with van der Waals surface area (Å²) in [4.78, 5) is 6.06. The number of anilines is 2. The first-order chi connectivity index (χ1) is 8.69. The van der Waals surface area contributed by atoms with Crippen LogP contribution >= 0.6 is 0 Å². The van der Waals surface area contributed by atoms with Crippen LogP contribution in [-0.4, -0.2) is 12.0 Å². The molecule has 0 amide bonds. The first-order valence-electron chi connectivity index (χ1n) is 5.61. The van der Waals surface area contributed by atoms with Crippen LogP contribution in [0.15, 0.2) is 42.6 Å². The lowest BCUT2D eigenvalue weighted by Crippen LogP contribution is -2.16. The van der Waals surface area contributed by atoms with Crippen molar-refractivity contribution in [3.8, 4) is 6.07 Å². The molecule has 0 atom stereocenters. The van der Waals surface area contributed by atoms with Crippen molar-refractivity contribution >= 4 is 11.5 Å². The van der Waals surface area contributed by atoms with Crippen molar-refractivity contribution in [2.45, 2.75) is 6.54 Å². The Hall–Kier alpha value is -2.54. The number of rotatable bonds is 3. The summed E-state index contributed by atoms with van der Waals surface area (Å²) in [5.74, 6) is 0.528. The third-order valence-corrected chi connectivity index (χ3v) is 2.70. The van der Waals surface area contributed by atoms with E-state index in [1.54, 1.807) is 6.20 Å². The molecule has 0 bridgehead atoms. The summed E-state index contributed by atoms with van der Waals surface area (Å²) < 4.78 is 0. The summed E-state index contributed by atoms with van der Waals surface area (Å²) in [7, 11) is 2.00. The molecule has 0 aliphatic heterocycles. The van der Waals surface area contributed by atoms with E-state index in [4.69, 9.17) is 11.0 Å². The van der Waals surface area contributed by atoms with Gasteiger partial charge in [0, 0.05) is 25.5 Å². The number of hydrogen-bond donors (Lipinski definition) is 1. The summed E-state index contributed by atoms with van der Waals surface area (Å²) in [5.41, 5.74) is 8.48. The molecule has 2 aromatic rings. The van der Waals surface area contributed by atoms with Crippen molar-refractivity contribution in [1.82, 2.24) is 4.98 Å². The molecule has 2 N–H and O–H groups in total. The van der Waals surface area contributed by atoms with Crippen LogP contribution in [-0.2, 0) is 6.54 Å². The number of nitrogens with zero attached hydrogens (tertiary/aromatic N) is 3. The summed E-state index contributed by atoms with van der Waals surface area (Å²) in [5, 5.41) is 8.75. The minimum absolute atomic E-state index is 0.528. The van der Waals surface area contributed by atoms with Gasteiger partial charge in [-0.2, -0.15) is 5.26 Å². The zero-order valence-corrected chi connectivity index (χ0v) is 10.2. The van der Waals surface area contributed by atoms with Crippen LogP contribution in [0.1, 0.15) is 11.1 Å². The highest BCUT2D eigenvalue weighted by molar-refractivity contribution is 5.49. The van der Waals surface area contributed by atoms with E-state index >= 15 is 0 Å². The van der Waals surface area contributed by atoms with Gasteiger partial charge < -0.3 is 10.6 Å². The van der Waals surface area contributed by atoms with E-state index in [-0.39, 0.29) is 0 Å². The van der Waals surface area contributed by atoms with Gasteiger partial charge in [0.15, 0.2) is 0 Å². The average Bonchev–Trinajstić information content (AvgIpc) is 2.39. The molecule has 1 aromatic carbocycles. The average molecular weight is 238 g/mol. The van der Waals surface area contributed by atoms with Gasteiger partial charge in [0.1, 0.15) is 5.82 Å². The molecule has 90 valence electrons. The van der Waals surface area contributed by atoms with Crippen molar-refractivity contribution in [2.75, 3.05) is 17.7 Å². The molecule has 1 heterocycles. The van der Waals surface area contributed by atoms with E-state index in [1.807, 2.05) is 43.4 Å². The van der Waals surface area contributed by atoms with Crippen molar-refractivity contribution in [2.24, 2.45) is 0 Å². The van der Waals surface area contributed by atoms with Crippen LogP contribution in [0.2, 0.25) is 0 Å². The summed E-state index contributed by atoms with van der Waals surface area (Å²) in [6.07, 6.45) is 1.71. The largest absolute Gasteiger partial charge is 0.384 e. The van der Waals surface area contributed by atoms with Gasteiger partial charge in [0.05, 0.1) is 11.6 Å². The first kappa shape index (κ1) is 11.9. The lowest BCUT2D eigenvalue weighted by molar-refractivity contribution is 0.920. The van der Waals surface area contributed by atoms with Crippen molar-refractivity contribution < 1.29 is 0 Å². The smallest absolute Gasteiger partial charge is 0.123 e. The van der Waals surface area contributed by atoms with E-state index in [0.717, 1.165) is 17.8 Å². The van der Waals surface area contributed by atoms with Crippen LogP contribution in [0.25, 0.3) is 0 Å². The Kier molecular flexibility index (Phi) is 3.44. The van der Waals surface area contributed by atoms with Gasteiger partial charge in [0.2, 0.25) is 0 Å². The van der Waals surface area contributed by atoms with Gasteiger partial charge in [0.25, 0.3) is 0 Å². The number of aromatic nitrogens is 1. The maximum atomic E-state index is 8.75. The fourth-order valence-electron chi connectivity index (χ4n) is 1.75. The lowest BCUT2D eigenvalue weighted by Gasteiger charge is -2.19. The number of nitrogens with two attached hydrogens (primary N) is 1. The molecule has 0 unspecified atom stereocenters. The normalized spacial score (nSPS) is 9.78. The van der Waals surface area contributed by atoms with E-state index in [0.29, 0.717) is 11.4 Å². The highest BCUT2D eigenvalue weighted by atomic mass is 15.1. The second-order valence-electron chi connectivity index (χ2n) is 4.10. The van der Waals surface area contributed by atoms with Crippen LogP contribution < -0.4 is 10.6 Å². The Balaban J connectivity index is 2.12. The van der Waals surface area contributed by atoms with Gasteiger partial charge in [-0.05, 0) is 42.0 Å². The maximum Gasteiger partial charge on any atom is 0.123 e. The summed E-state index contributed by atoms with van der Waals surface area (Å²) in [6, 6.07) is 13.4. The zero-order chi connectivity index (χ0) is 13.0. The molecule has 0 aliphatic carbocycles. The number of benzene rings is 1. The fourth-order valence-corrected chi connectivity index (χ4v) is 1.75. The van der Waals surface area contributed by atoms with E-state index in [1.165, 1.54) is 0 Å². The van der Waals surface area contributed by atoms with E-state index in [2.05, 4.69) is 16.0 Å². The number of hydrogen-bond acceptors (Lipinski definition) is 4. The molecule has 0 saturated heterocycles. The third kappa shape index (κ3) is 2.77. The maximum absolute atomic E-state index is 8.75. The second-order valence-corrected chi connectivity index (χ2v) is 4.10. The number of pyridine rings is 1. The molecular weight excluding hydrogens is 224 g/mol. The topological polar surface area (TPSA) is 65.9 Å². The predicted molar refractivity (Wildman–Crippen MR) is 71.9 cm³/mol. The molecule has 4 heteroatoms. The Bertz CT molecular complexity index is 569. The Labute approximate surface area is 106 Å². The minimum atomic E-state index is 0.528. The number of nitrogen functional groups attached to an aromatic ring is 1.